The van der Waals surface area contributed by atoms with Crippen LogP contribution in [0.4, 0.5) is 0 Å². The highest BCUT2D eigenvalue weighted by Crippen LogP contribution is 2.18. The lowest BCUT2D eigenvalue weighted by Gasteiger charge is -2.39. The summed E-state index contributed by atoms with van der Waals surface area (Å²) in [6.07, 6.45) is 23.5. The summed E-state index contributed by atoms with van der Waals surface area (Å²) in [6, 6.07) is 0. The van der Waals surface area contributed by atoms with Crippen LogP contribution in [-0.4, -0.2) is 85.5 Å². The van der Waals surface area contributed by atoms with E-state index in [1.807, 2.05) is 0 Å². The Bertz CT molecular complexity index is 1110. The molecule has 1 rings (SSSR count). The molecule has 0 aromatic heterocycles. The van der Waals surface area contributed by atoms with Crippen molar-refractivity contribution in [1.29, 1.82) is 0 Å². The largest absolute Gasteiger partial charge is 1.00 e. The van der Waals surface area contributed by atoms with Gasteiger partial charge in [0.05, 0.1) is 58.9 Å². The van der Waals surface area contributed by atoms with Crippen LogP contribution in [0.1, 0.15) is 196 Å². The van der Waals surface area contributed by atoms with Gasteiger partial charge in [0.1, 0.15) is 0 Å². The van der Waals surface area contributed by atoms with E-state index >= 15 is 0 Å². The molecule has 0 atom stereocenters. The number of carbonyl (C=O) groups excluding carboxylic acids is 3. The SMILES string of the molecule is CC(=O)NCC(=O)CCCCC(=O)NCc1c([O-])c(=O)c1=O.CCCC[N+](CCCC)(CCCC)CCCC.CCCC[N+](CCCC)(CCCC)CCCC.[F-]. The fraction of sp³-hybridized carbons (Fsp3) is 0.848. The number of Topliss-reactive ketones (excluding diaryl/α,β-unsaturated/α-hetero) is 1. The monoisotopic (exact) mass is 813 g/mol. The molecule has 10 nitrogen and oxygen atoms in total. The van der Waals surface area contributed by atoms with E-state index in [2.05, 4.69) is 66.0 Å². The first kappa shape index (κ1) is 58.7. The standard InChI is InChI=1S/2C16H36N.C14H18N2O6.FH/c2*1-5-9-13-17(14-10-6-2,15-11-7-3)16-12-8-4;1-8(17)15-6-9(18)4-2-3-5-11(19)16-7-10-12(20)14(22)13(10)21;/h2*5-16H2,1-4H3;20H,2-7H2,1H3,(H,15,17)(H,16,19);1H/q2*+1;;/p-2. The molecule has 0 unspecified atom stereocenters. The second-order valence-corrected chi connectivity index (χ2v) is 16.2. The minimum absolute atomic E-state index is 0. The third-order valence-electron chi connectivity index (χ3n) is 11.0. The molecule has 2 N–H and O–H groups in total. The van der Waals surface area contributed by atoms with Gasteiger partial charge >= 0.3 is 0 Å². The predicted molar refractivity (Wildman–Crippen MR) is 234 cm³/mol. The molecule has 11 heteroatoms. The van der Waals surface area contributed by atoms with Crippen LogP contribution in [0.25, 0.3) is 0 Å². The number of amides is 2. The van der Waals surface area contributed by atoms with Crippen molar-refractivity contribution in [2.45, 2.75) is 197 Å². The number of nitrogens with one attached hydrogen (secondary N) is 2. The Kier molecular flexibility index (Phi) is 38.7. The van der Waals surface area contributed by atoms with Crippen LogP contribution in [-0.2, 0) is 20.9 Å². The zero-order valence-electron chi connectivity index (χ0n) is 38.4. The number of unbranched alkanes of at least 4 members (excludes halogenated alkanes) is 9. The maximum absolute atomic E-state index is 11.5. The van der Waals surface area contributed by atoms with Gasteiger partial charge in [-0.25, -0.2) is 0 Å². The molecule has 1 aromatic carbocycles. The fourth-order valence-electron chi connectivity index (χ4n) is 7.06. The summed E-state index contributed by atoms with van der Waals surface area (Å²) in [5, 5.41) is 15.8. The number of hydrogen-bond donors (Lipinski definition) is 2. The molecule has 0 aliphatic carbocycles. The van der Waals surface area contributed by atoms with Crippen molar-refractivity contribution in [1.82, 2.24) is 10.6 Å². The van der Waals surface area contributed by atoms with Gasteiger partial charge in [-0.15, -0.1) is 0 Å². The minimum atomic E-state index is -1.04. The maximum Gasteiger partial charge on any atom is 0.229 e. The van der Waals surface area contributed by atoms with Gasteiger partial charge in [0.25, 0.3) is 0 Å². The second-order valence-electron chi connectivity index (χ2n) is 16.2. The van der Waals surface area contributed by atoms with Gasteiger partial charge in [-0.1, -0.05) is 107 Å². The third kappa shape index (κ3) is 28.4. The highest BCUT2D eigenvalue weighted by molar-refractivity contribution is 5.85. The van der Waals surface area contributed by atoms with Crippen molar-refractivity contribution in [3.63, 3.8) is 0 Å². The van der Waals surface area contributed by atoms with E-state index in [-0.39, 0.29) is 53.8 Å². The first-order valence-electron chi connectivity index (χ1n) is 23.0. The van der Waals surface area contributed by atoms with Gasteiger partial charge in [0.15, 0.2) is 5.78 Å². The Morgan fingerprint density at radius 2 is 0.807 bits per heavy atom. The maximum atomic E-state index is 11.5. The Morgan fingerprint density at radius 1 is 0.491 bits per heavy atom. The smallest absolute Gasteiger partial charge is 0.229 e. The Hall–Kier alpha value is -2.66. The molecule has 336 valence electrons. The number of halogens is 1. The molecule has 0 bridgehead atoms. The van der Waals surface area contributed by atoms with Crippen LogP contribution >= 0.6 is 0 Å². The van der Waals surface area contributed by atoms with Crippen LogP contribution in [0.5, 0.6) is 5.75 Å². The molecule has 1 aromatic rings. The van der Waals surface area contributed by atoms with E-state index in [1.54, 1.807) is 0 Å². The van der Waals surface area contributed by atoms with Crippen LogP contribution < -0.4 is 31.3 Å². The molecule has 0 saturated carbocycles. The summed E-state index contributed by atoms with van der Waals surface area (Å²) in [7, 11) is 0. The number of ketones is 1. The number of carbonyl (C=O) groups is 3. The molecule has 0 heterocycles. The number of quaternary nitrogens is 2. The van der Waals surface area contributed by atoms with Gasteiger partial charge in [0.2, 0.25) is 22.7 Å². The van der Waals surface area contributed by atoms with Crippen molar-refractivity contribution >= 4 is 17.6 Å². The average Bonchev–Trinajstić information content (AvgIpc) is 3.20. The van der Waals surface area contributed by atoms with Crippen LogP contribution in [0.3, 0.4) is 0 Å². The second kappa shape index (κ2) is 37.6. The van der Waals surface area contributed by atoms with Crippen LogP contribution in [0.15, 0.2) is 9.59 Å². The predicted octanol–water partition coefficient (Wildman–Crippen LogP) is 5.25. The zero-order chi connectivity index (χ0) is 42.7. The van der Waals surface area contributed by atoms with E-state index in [0.717, 1.165) is 0 Å². The van der Waals surface area contributed by atoms with Crippen molar-refractivity contribution in [2.24, 2.45) is 0 Å². The molecule has 0 aliphatic heterocycles. The summed E-state index contributed by atoms with van der Waals surface area (Å²) in [6.45, 7) is 31.1. The van der Waals surface area contributed by atoms with Crippen molar-refractivity contribution in [2.75, 3.05) is 58.9 Å². The van der Waals surface area contributed by atoms with Crippen LogP contribution in [0, 0.1) is 0 Å². The lowest BCUT2D eigenvalue weighted by atomic mass is 10.1. The molecule has 0 spiro atoms. The lowest BCUT2D eigenvalue weighted by Crippen LogP contribution is -3.00. The minimum Gasteiger partial charge on any atom is -1.00 e. The molecule has 2 amide bonds. The normalized spacial score (nSPS) is 11.2. The quantitative estimate of drug-likeness (QED) is 0.0567. The molecule has 0 aliphatic rings. The van der Waals surface area contributed by atoms with E-state index in [9.17, 15) is 29.1 Å². The van der Waals surface area contributed by atoms with Gasteiger partial charge in [-0.3, -0.25) is 24.0 Å². The average molecular weight is 813 g/mol. The number of nitrogens with zero attached hydrogens (tertiary/aromatic N) is 2. The molecular weight excluding hydrogens is 724 g/mol. The van der Waals surface area contributed by atoms with E-state index in [4.69, 9.17) is 0 Å². The highest BCUT2D eigenvalue weighted by Gasteiger charge is 2.26. The fourth-order valence-corrected chi connectivity index (χ4v) is 7.06. The topological polar surface area (TPSA) is 132 Å². The Balaban J connectivity index is -0.000000771. The van der Waals surface area contributed by atoms with Gasteiger partial charge < -0.3 is 29.4 Å². The first-order valence-corrected chi connectivity index (χ1v) is 23.0. The Morgan fingerprint density at radius 3 is 1.09 bits per heavy atom. The summed E-state index contributed by atoms with van der Waals surface area (Å²) in [5.74, 6) is -1.59. The zero-order valence-corrected chi connectivity index (χ0v) is 38.4. The van der Waals surface area contributed by atoms with Crippen molar-refractivity contribution in [3.8, 4) is 5.75 Å². The van der Waals surface area contributed by atoms with Gasteiger partial charge in [-0.05, 0) is 70.0 Å². The number of hydrogen-bond acceptors (Lipinski definition) is 6. The number of rotatable bonds is 33. The first-order chi connectivity index (χ1) is 26.8. The summed E-state index contributed by atoms with van der Waals surface area (Å²) < 4.78 is 2.84. The Labute approximate surface area is 348 Å². The molecule has 0 radical (unpaired) electrons. The molecule has 57 heavy (non-hydrogen) atoms. The van der Waals surface area contributed by atoms with E-state index in [0.29, 0.717) is 12.8 Å². The molecular formula is C46H89FN4O6. The third-order valence-corrected chi connectivity index (χ3v) is 11.0. The summed E-state index contributed by atoms with van der Waals surface area (Å²) in [5.41, 5.74) is -2.07. The molecule has 0 saturated heterocycles. The molecule has 0 fully saturated rings. The van der Waals surface area contributed by atoms with E-state index in [1.165, 1.54) is 171 Å². The van der Waals surface area contributed by atoms with Gasteiger partial charge in [0, 0.05) is 31.9 Å². The summed E-state index contributed by atoms with van der Waals surface area (Å²) in [4.78, 5) is 55.1. The highest BCUT2D eigenvalue weighted by atomic mass is 19.0. The van der Waals surface area contributed by atoms with Crippen molar-refractivity contribution in [3.05, 3.63) is 26.0 Å². The van der Waals surface area contributed by atoms with E-state index < -0.39 is 16.6 Å². The van der Waals surface area contributed by atoms with Crippen molar-refractivity contribution < 1.29 is 33.2 Å². The lowest BCUT2D eigenvalue weighted by molar-refractivity contribution is -0.929. The van der Waals surface area contributed by atoms with Gasteiger partial charge in [-0.2, -0.15) is 0 Å². The summed E-state index contributed by atoms with van der Waals surface area (Å²) >= 11 is 0. The van der Waals surface area contributed by atoms with Crippen LogP contribution in [0.2, 0.25) is 0 Å².